The van der Waals surface area contributed by atoms with Gasteiger partial charge < -0.3 is 4.74 Å². The second-order valence-electron chi connectivity index (χ2n) is 13.9. The first-order chi connectivity index (χ1) is 22.6. The van der Waals surface area contributed by atoms with Gasteiger partial charge in [-0.2, -0.15) is 0 Å². The molecule has 0 saturated heterocycles. The minimum Gasteiger partial charge on any atom is -0.426 e. The maximum Gasteiger partial charge on any atom is 0.311 e. The van der Waals surface area contributed by atoms with Gasteiger partial charge in [-0.3, -0.25) is 4.79 Å². The Hall–Kier alpha value is -4.31. The fourth-order valence-electron chi connectivity index (χ4n) is 6.34. The summed E-state index contributed by atoms with van der Waals surface area (Å²) in [4.78, 5) is 12.6. The van der Waals surface area contributed by atoms with Gasteiger partial charge in [-0.05, 0) is 94.0 Å². The topological polar surface area (TPSA) is 26.3 Å². The monoisotopic (exact) mass is 636 g/mol. The van der Waals surface area contributed by atoms with Gasteiger partial charge in [-0.1, -0.05) is 132 Å². The molecule has 0 saturated carbocycles. The molecule has 0 N–H and O–H groups in total. The molecule has 0 atom stereocenters. The maximum atomic E-state index is 12.6. The van der Waals surface area contributed by atoms with E-state index >= 15 is 0 Å². The predicted octanol–water partition coefficient (Wildman–Crippen LogP) is 11.8. The lowest BCUT2D eigenvalue weighted by molar-refractivity contribution is -0.134. The van der Waals surface area contributed by atoms with E-state index in [2.05, 4.69) is 112 Å². The van der Waals surface area contributed by atoms with Gasteiger partial charge in [0, 0.05) is 23.1 Å². The van der Waals surface area contributed by atoms with Crippen molar-refractivity contribution < 1.29 is 9.53 Å². The van der Waals surface area contributed by atoms with Crippen LogP contribution in [0.1, 0.15) is 92.5 Å². The lowest BCUT2D eigenvalue weighted by Gasteiger charge is -2.15. The second kappa shape index (κ2) is 15.5. The first-order valence-electron chi connectivity index (χ1n) is 17.4. The van der Waals surface area contributed by atoms with Gasteiger partial charge in [0.2, 0.25) is 0 Å². The highest BCUT2D eigenvalue weighted by molar-refractivity contribution is 6.83. The summed E-state index contributed by atoms with van der Waals surface area (Å²) in [5.41, 5.74) is 8.94. The van der Waals surface area contributed by atoms with Crippen LogP contribution < -0.4 is 4.74 Å². The summed E-state index contributed by atoms with van der Waals surface area (Å²) in [6, 6.07) is 25.1. The molecule has 5 aromatic carbocycles. The number of hydrogen-bond acceptors (Lipinski definition) is 2. The number of hydrogen-bond donors (Lipinski definition) is 0. The lowest BCUT2D eigenvalue weighted by atomic mass is 9.88. The average Bonchev–Trinajstić information content (AvgIpc) is 3.03. The van der Waals surface area contributed by atoms with E-state index in [0.29, 0.717) is 12.2 Å². The summed E-state index contributed by atoms with van der Waals surface area (Å²) in [5.74, 6) is 10.8. The van der Waals surface area contributed by atoms with Crippen molar-refractivity contribution in [1.29, 1.82) is 0 Å². The van der Waals surface area contributed by atoms with E-state index in [-0.39, 0.29) is 5.97 Å². The van der Waals surface area contributed by atoms with Crippen molar-refractivity contribution in [2.75, 3.05) is 0 Å². The lowest BCUT2D eigenvalue weighted by Crippen LogP contribution is -2.16. The van der Waals surface area contributed by atoms with E-state index in [1.807, 2.05) is 24.3 Å². The molecule has 240 valence electrons. The second-order valence-corrected chi connectivity index (χ2v) is 18.7. The minimum atomic E-state index is -1.57. The molecule has 0 amide bonds. The zero-order valence-electron chi connectivity index (χ0n) is 29.1. The molecule has 0 heterocycles. The standard InChI is InChI=1S/C44H48O2Si/c1-7-8-9-10-11-12-13-14-24-41(45)46-38-21-17-20-34(29-38)25-26-35-30-37-31-36(27-28-47(4,5)6)40-23-16-19-33(3)43(40)44(37)42-32(2)18-15-22-39(35)42/h15-23,29-31H,7-14,24H2,1-6H3. The van der Waals surface area contributed by atoms with E-state index in [0.717, 1.165) is 40.3 Å². The summed E-state index contributed by atoms with van der Waals surface area (Å²) in [5, 5.41) is 7.28. The largest absolute Gasteiger partial charge is 0.426 e. The smallest absolute Gasteiger partial charge is 0.311 e. The fraction of sp³-hybridized carbons (Fsp3) is 0.341. The van der Waals surface area contributed by atoms with E-state index < -0.39 is 8.07 Å². The number of unbranched alkanes of at least 4 members (excludes halogenated alkanes) is 7. The number of fused-ring (bicyclic) bond motifs is 5. The molecular formula is C44H48O2Si. The molecule has 0 aliphatic heterocycles. The van der Waals surface area contributed by atoms with Crippen molar-refractivity contribution in [1.82, 2.24) is 0 Å². The van der Waals surface area contributed by atoms with Crippen LogP contribution in [-0.2, 0) is 4.79 Å². The Morgan fingerprint density at radius 1 is 0.660 bits per heavy atom. The molecular weight excluding hydrogens is 589 g/mol. The molecule has 0 bridgehead atoms. The van der Waals surface area contributed by atoms with E-state index in [1.54, 1.807) is 0 Å². The van der Waals surface area contributed by atoms with Gasteiger partial charge in [0.15, 0.2) is 0 Å². The predicted molar refractivity (Wildman–Crippen MR) is 204 cm³/mol. The third-order valence-electron chi connectivity index (χ3n) is 8.73. The summed E-state index contributed by atoms with van der Waals surface area (Å²) in [6.07, 6.45) is 10.1. The van der Waals surface area contributed by atoms with E-state index in [1.165, 1.54) is 71.2 Å². The zero-order valence-corrected chi connectivity index (χ0v) is 30.1. The van der Waals surface area contributed by atoms with Gasteiger partial charge in [0.05, 0.1) is 0 Å². The van der Waals surface area contributed by atoms with Crippen LogP contribution in [0.15, 0.2) is 72.8 Å². The van der Waals surface area contributed by atoms with Gasteiger partial charge in [-0.25, -0.2) is 0 Å². The molecule has 5 rings (SSSR count). The van der Waals surface area contributed by atoms with E-state index in [4.69, 9.17) is 4.74 Å². The van der Waals surface area contributed by atoms with Crippen LogP contribution in [0.4, 0.5) is 0 Å². The number of carbonyl (C=O) groups is 1. The van der Waals surface area contributed by atoms with Crippen molar-refractivity contribution in [3.8, 4) is 29.1 Å². The molecule has 0 unspecified atom stereocenters. The first-order valence-corrected chi connectivity index (χ1v) is 20.9. The molecule has 47 heavy (non-hydrogen) atoms. The Balaban J connectivity index is 1.45. The summed E-state index contributed by atoms with van der Waals surface area (Å²) < 4.78 is 5.71. The molecule has 5 aromatic rings. The Morgan fingerprint density at radius 2 is 1.23 bits per heavy atom. The Labute approximate surface area is 282 Å². The van der Waals surface area contributed by atoms with Crippen LogP contribution in [0.25, 0.3) is 32.3 Å². The Kier molecular flexibility index (Phi) is 11.2. The van der Waals surface area contributed by atoms with Crippen LogP contribution in [0, 0.1) is 37.2 Å². The van der Waals surface area contributed by atoms with Crippen molar-refractivity contribution >= 4 is 46.4 Å². The average molecular weight is 637 g/mol. The van der Waals surface area contributed by atoms with Crippen molar-refractivity contribution in [2.45, 2.75) is 98.2 Å². The number of carbonyl (C=O) groups excluding carboxylic acids is 1. The summed E-state index contributed by atoms with van der Waals surface area (Å²) in [7, 11) is -1.57. The Morgan fingerprint density at radius 3 is 1.85 bits per heavy atom. The molecule has 0 aliphatic carbocycles. The highest BCUT2D eigenvalue weighted by Crippen LogP contribution is 2.38. The number of benzene rings is 5. The quantitative estimate of drug-likeness (QED) is 0.0381. The minimum absolute atomic E-state index is 0.173. The molecule has 0 aliphatic rings. The zero-order chi connectivity index (χ0) is 33.4. The fourth-order valence-corrected chi connectivity index (χ4v) is 6.85. The van der Waals surface area contributed by atoms with Crippen molar-refractivity contribution in [3.63, 3.8) is 0 Å². The SMILES string of the molecule is CCCCCCCCCCC(=O)Oc1cccc(C#Cc2cc3cc(C#C[Si](C)(C)C)c4cccc(C)c4c3c3c(C)cccc23)c1. The van der Waals surface area contributed by atoms with Gasteiger partial charge in [0.1, 0.15) is 13.8 Å². The molecule has 3 heteroatoms. The molecule has 0 spiro atoms. The maximum absolute atomic E-state index is 12.6. The van der Waals surface area contributed by atoms with Gasteiger partial charge in [-0.15, -0.1) is 5.54 Å². The van der Waals surface area contributed by atoms with Crippen LogP contribution >= 0.6 is 0 Å². The number of rotatable bonds is 10. The van der Waals surface area contributed by atoms with Crippen molar-refractivity contribution in [3.05, 3.63) is 101 Å². The van der Waals surface area contributed by atoms with Crippen LogP contribution in [0.2, 0.25) is 19.6 Å². The van der Waals surface area contributed by atoms with Crippen LogP contribution in [0.5, 0.6) is 5.75 Å². The summed E-state index contributed by atoms with van der Waals surface area (Å²) >= 11 is 0. The van der Waals surface area contributed by atoms with Gasteiger partial charge in [0.25, 0.3) is 0 Å². The summed E-state index contributed by atoms with van der Waals surface area (Å²) in [6.45, 7) is 13.5. The van der Waals surface area contributed by atoms with Crippen LogP contribution in [0.3, 0.4) is 0 Å². The van der Waals surface area contributed by atoms with Crippen molar-refractivity contribution in [2.24, 2.45) is 0 Å². The normalized spacial score (nSPS) is 11.3. The van der Waals surface area contributed by atoms with Crippen LogP contribution in [-0.4, -0.2) is 14.0 Å². The molecule has 0 fully saturated rings. The van der Waals surface area contributed by atoms with E-state index in [9.17, 15) is 4.79 Å². The molecule has 2 nitrogen and oxygen atoms in total. The molecule has 0 aromatic heterocycles. The molecule has 0 radical (unpaired) electrons. The Bertz CT molecular complexity index is 2040. The third-order valence-corrected chi connectivity index (χ3v) is 9.60. The number of esters is 1. The third kappa shape index (κ3) is 8.74. The number of ether oxygens (including phenoxy) is 1. The highest BCUT2D eigenvalue weighted by Gasteiger charge is 2.15. The van der Waals surface area contributed by atoms with Gasteiger partial charge >= 0.3 is 5.97 Å². The highest BCUT2D eigenvalue weighted by atomic mass is 28.3. The first kappa shape index (κ1) is 34.0. The number of aryl methyl sites for hydroxylation is 2.